The highest BCUT2D eigenvalue weighted by Crippen LogP contribution is 2.16. The van der Waals surface area contributed by atoms with E-state index in [0.717, 1.165) is 23.8 Å². The number of anilines is 1. The summed E-state index contributed by atoms with van der Waals surface area (Å²) in [5, 5.41) is 2.56. The van der Waals surface area contributed by atoms with Gasteiger partial charge < -0.3 is 10.1 Å². The maximum absolute atomic E-state index is 13.8. The van der Waals surface area contributed by atoms with Crippen LogP contribution >= 0.6 is 0 Å². The fourth-order valence-corrected chi connectivity index (χ4v) is 2.81. The number of halogens is 1. The fourth-order valence-electron chi connectivity index (χ4n) is 2.05. The number of ether oxygens (including phenoxy) is 1. The minimum atomic E-state index is -3.85. The number of carbonyl (C=O) groups is 2. The van der Waals surface area contributed by atoms with E-state index in [1.54, 1.807) is 31.2 Å². The van der Waals surface area contributed by atoms with Crippen LogP contribution in [0.4, 0.5) is 10.1 Å². The summed E-state index contributed by atoms with van der Waals surface area (Å²) < 4.78 is 44.1. The Balaban J connectivity index is 2.07. The van der Waals surface area contributed by atoms with E-state index in [1.807, 2.05) is 0 Å². The van der Waals surface area contributed by atoms with E-state index in [9.17, 15) is 22.4 Å². The standard InChI is InChI=1S/C17H17FN2O5S/c1-11-5-3-4-6-15(11)20-16(21)10-25-17(22)13-9-12(7-8-14(13)18)26(23,24)19-2/h3-9,19H,10H2,1-2H3,(H,20,21). The molecule has 7 nitrogen and oxygen atoms in total. The number of carbonyl (C=O) groups excluding carboxylic acids is 2. The lowest BCUT2D eigenvalue weighted by molar-refractivity contribution is -0.119. The van der Waals surface area contributed by atoms with Crippen molar-refractivity contribution in [1.29, 1.82) is 0 Å². The molecule has 0 saturated heterocycles. The fraction of sp³-hybridized carbons (Fsp3) is 0.176. The van der Waals surface area contributed by atoms with E-state index in [2.05, 4.69) is 10.0 Å². The number of para-hydroxylation sites is 1. The zero-order valence-corrected chi connectivity index (χ0v) is 14.9. The summed E-state index contributed by atoms with van der Waals surface area (Å²) in [6, 6.07) is 9.73. The third-order valence-corrected chi connectivity index (χ3v) is 4.90. The third kappa shape index (κ3) is 4.64. The predicted molar refractivity (Wildman–Crippen MR) is 92.7 cm³/mol. The Kier molecular flexibility index (Phi) is 6.06. The summed E-state index contributed by atoms with van der Waals surface area (Å²) in [4.78, 5) is 23.6. The summed E-state index contributed by atoms with van der Waals surface area (Å²) in [6.07, 6.45) is 0. The molecule has 0 unspecified atom stereocenters. The van der Waals surface area contributed by atoms with Gasteiger partial charge in [-0.05, 0) is 43.8 Å². The minimum Gasteiger partial charge on any atom is -0.452 e. The van der Waals surface area contributed by atoms with Crippen molar-refractivity contribution in [3.05, 3.63) is 59.4 Å². The van der Waals surface area contributed by atoms with Crippen LogP contribution in [0.2, 0.25) is 0 Å². The first kappa shape index (κ1) is 19.5. The molecule has 2 aromatic rings. The lowest BCUT2D eigenvalue weighted by atomic mass is 10.2. The van der Waals surface area contributed by atoms with Gasteiger partial charge in [0.15, 0.2) is 6.61 Å². The van der Waals surface area contributed by atoms with Crippen molar-refractivity contribution in [1.82, 2.24) is 4.72 Å². The summed E-state index contributed by atoms with van der Waals surface area (Å²) in [5.41, 5.74) is 0.801. The lowest BCUT2D eigenvalue weighted by Gasteiger charge is -2.10. The Labute approximate surface area is 150 Å². The Hall–Kier alpha value is -2.78. The van der Waals surface area contributed by atoms with Crippen LogP contribution in [0.3, 0.4) is 0 Å². The molecule has 0 aromatic heterocycles. The molecule has 9 heteroatoms. The number of esters is 1. The van der Waals surface area contributed by atoms with E-state index >= 15 is 0 Å². The first-order valence-electron chi connectivity index (χ1n) is 7.50. The highest BCUT2D eigenvalue weighted by molar-refractivity contribution is 7.89. The number of aryl methyl sites for hydroxylation is 1. The molecule has 0 aliphatic carbocycles. The first-order valence-corrected chi connectivity index (χ1v) is 8.98. The Morgan fingerprint density at radius 2 is 1.85 bits per heavy atom. The molecule has 2 rings (SSSR count). The molecule has 0 heterocycles. The van der Waals surface area contributed by atoms with Gasteiger partial charge in [0, 0.05) is 5.69 Å². The molecule has 0 atom stereocenters. The number of hydrogen-bond donors (Lipinski definition) is 2. The molecule has 0 saturated carbocycles. The summed E-state index contributed by atoms with van der Waals surface area (Å²) in [6.45, 7) is 1.15. The molecule has 0 spiro atoms. The average Bonchev–Trinajstić information content (AvgIpc) is 2.62. The molecular weight excluding hydrogens is 363 g/mol. The molecule has 26 heavy (non-hydrogen) atoms. The smallest absolute Gasteiger partial charge is 0.341 e. The molecule has 2 aromatic carbocycles. The quantitative estimate of drug-likeness (QED) is 0.745. The van der Waals surface area contributed by atoms with Crippen LogP contribution in [0.15, 0.2) is 47.4 Å². The van der Waals surface area contributed by atoms with Crippen molar-refractivity contribution in [2.24, 2.45) is 0 Å². The number of nitrogens with one attached hydrogen (secondary N) is 2. The average molecular weight is 380 g/mol. The van der Waals surface area contributed by atoms with Crippen LogP contribution in [0, 0.1) is 12.7 Å². The Morgan fingerprint density at radius 3 is 2.50 bits per heavy atom. The third-order valence-electron chi connectivity index (χ3n) is 3.49. The molecule has 0 fully saturated rings. The number of amides is 1. The maximum Gasteiger partial charge on any atom is 0.341 e. The van der Waals surface area contributed by atoms with E-state index in [-0.39, 0.29) is 4.90 Å². The van der Waals surface area contributed by atoms with Crippen molar-refractivity contribution in [2.75, 3.05) is 19.0 Å². The number of hydrogen-bond acceptors (Lipinski definition) is 5. The second-order valence-electron chi connectivity index (χ2n) is 5.29. The van der Waals surface area contributed by atoms with E-state index in [1.165, 1.54) is 7.05 Å². The van der Waals surface area contributed by atoms with Crippen molar-refractivity contribution < 1.29 is 27.1 Å². The first-order chi connectivity index (χ1) is 12.2. The summed E-state index contributed by atoms with van der Waals surface area (Å²) in [7, 11) is -2.66. The largest absolute Gasteiger partial charge is 0.452 e. The van der Waals surface area contributed by atoms with E-state index < -0.39 is 39.9 Å². The topological polar surface area (TPSA) is 102 Å². The molecule has 1 amide bonds. The van der Waals surface area contributed by atoms with Gasteiger partial charge in [0.2, 0.25) is 10.0 Å². The second kappa shape index (κ2) is 8.07. The van der Waals surface area contributed by atoms with E-state index in [4.69, 9.17) is 4.74 Å². The summed E-state index contributed by atoms with van der Waals surface area (Å²) in [5.74, 6) is -2.70. The number of rotatable bonds is 6. The molecular formula is C17H17FN2O5S. The SMILES string of the molecule is CNS(=O)(=O)c1ccc(F)c(C(=O)OCC(=O)Nc2ccccc2C)c1. The Bertz CT molecular complexity index is 944. The highest BCUT2D eigenvalue weighted by atomic mass is 32.2. The maximum atomic E-state index is 13.8. The van der Waals surface area contributed by atoms with Crippen molar-refractivity contribution >= 4 is 27.6 Å². The second-order valence-corrected chi connectivity index (χ2v) is 7.17. The van der Waals surface area contributed by atoms with Crippen molar-refractivity contribution in [3.8, 4) is 0 Å². The van der Waals surface area contributed by atoms with Crippen molar-refractivity contribution in [3.63, 3.8) is 0 Å². The zero-order chi connectivity index (χ0) is 19.3. The van der Waals surface area contributed by atoms with Crippen LogP contribution in [-0.2, 0) is 19.6 Å². The molecule has 0 radical (unpaired) electrons. The monoisotopic (exact) mass is 380 g/mol. The van der Waals surface area contributed by atoms with Gasteiger partial charge in [-0.25, -0.2) is 22.3 Å². The molecule has 0 aliphatic heterocycles. The van der Waals surface area contributed by atoms with Gasteiger partial charge in [-0.3, -0.25) is 4.79 Å². The van der Waals surface area contributed by atoms with Gasteiger partial charge in [-0.15, -0.1) is 0 Å². The van der Waals surface area contributed by atoms with Crippen LogP contribution in [0.1, 0.15) is 15.9 Å². The van der Waals surface area contributed by atoms with Gasteiger partial charge >= 0.3 is 5.97 Å². The molecule has 138 valence electrons. The molecule has 0 aliphatic rings. The Morgan fingerprint density at radius 1 is 1.15 bits per heavy atom. The minimum absolute atomic E-state index is 0.294. The molecule has 0 bridgehead atoms. The van der Waals surface area contributed by atoms with Crippen molar-refractivity contribution in [2.45, 2.75) is 11.8 Å². The van der Waals surface area contributed by atoms with Gasteiger partial charge in [-0.1, -0.05) is 18.2 Å². The normalized spacial score (nSPS) is 11.0. The van der Waals surface area contributed by atoms with Crippen LogP contribution < -0.4 is 10.0 Å². The lowest BCUT2D eigenvalue weighted by Crippen LogP contribution is -2.22. The zero-order valence-electron chi connectivity index (χ0n) is 14.1. The predicted octanol–water partition coefficient (Wildman–Crippen LogP) is 1.84. The number of benzene rings is 2. The van der Waals surface area contributed by atoms with Crippen LogP contribution in [0.5, 0.6) is 0 Å². The molecule has 2 N–H and O–H groups in total. The van der Waals surface area contributed by atoms with Gasteiger partial charge in [0.25, 0.3) is 5.91 Å². The van der Waals surface area contributed by atoms with Gasteiger partial charge in [0.1, 0.15) is 5.82 Å². The van der Waals surface area contributed by atoms with Crippen LogP contribution in [-0.4, -0.2) is 33.9 Å². The van der Waals surface area contributed by atoms with E-state index in [0.29, 0.717) is 5.69 Å². The van der Waals surface area contributed by atoms with Gasteiger partial charge in [-0.2, -0.15) is 0 Å². The van der Waals surface area contributed by atoms with Gasteiger partial charge in [0.05, 0.1) is 10.5 Å². The summed E-state index contributed by atoms with van der Waals surface area (Å²) >= 11 is 0. The number of sulfonamides is 1. The van der Waals surface area contributed by atoms with Crippen LogP contribution in [0.25, 0.3) is 0 Å². The highest BCUT2D eigenvalue weighted by Gasteiger charge is 2.20.